The number of hydrogen-bond donors (Lipinski definition) is 1. The van der Waals surface area contributed by atoms with E-state index < -0.39 is 0 Å². The van der Waals surface area contributed by atoms with Crippen LogP contribution in [0.5, 0.6) is 0 Å². The van der Waals surface area contributed by atoms with Gasteiger partial charge >= 0.3 is 0 Å². The third kappa shape index (κ3) is 7.79. The van der Waals surface area contributed by atoms with E-state index in [9.17, 15) is 9.90 Å². The van der Waals surface area contributed by atoms with Crippen LogP contribution in [0.2, 0.25) is 0 Å². The first-order valence-corrected chi connectivity index (χ1v) is 17.1. The van der Waals surface area contributed by atoms with Crippen LogP contribution in [0.4, 0.5) is 0 Å². The summed E-state index contributed by atoms with van der Waals surface area (Å²) in [5, 5.41) is 15.0. The van der Waals surface area contributed by atoms with Gasteiger partial charge < -0.3 is 18.9 Å². The zero-order valence-corrected chi connectivity index (χ0v) is 32.4. The van der Waals surface area contributed by atoms with E-state index in [1.54, 1.807) is 24.2 Å². The molecule has 0 saturated heterocycles. The second kappa shape index (κ2) is 15.4. The predicted octanol–water partition coefficient (Wildman–Crippen LogP) is 12.4. The topological polar surface area (TPSA) is 76.5 Å². The molecule has 0 fully saturated rings. The van der Waals surface area contributed by atoms with Crippen LogP contribution in [0.15, 0.2) is 86.4 Å². The van der Waals surface area contributed by atoms with Gasteiger partial charge in [0.1, 0.15) is 11.3 Å². The number of furan rings is 2. The number of ketones is 1. The van der Waals surface area contributed by atoms with E-state index in [-0.39, 0.29) is 47.9 Å². The number of benzene rings is 2. The molecule has 0 atom stereocenters. The van der Waals surface area contributed by atoms with Gasteiger partial charge in [-0.1, -0.05) is 85.9 Å². The Bertz CT molecular complexity index is 1880. The van der Waals surface area contributed by atoms with Crippen LogP contribution in [0.1, 0.15) is 93.6 Å². The zero-order chi connectivity index (χ0) is 33.9. The van der Waals surface area contributed by atoms with Crippen molar-refractivity contribution in [3.8, 4) is 11.3 Å². The maximum Gasteiger partial charge on any atom is 0.177 e. The molecule has 7 heteroatoms. The number of thioether (sulfide) groups is 1. The van der Waals surface area contributed by atoms with E-state index in [4.69, 9.17) is 13.8 Å². The predicted molar refractivity (Wildman–Crippen MR) is 193 cm³/mol. The fraction of sp³-hybridized carbons (Fsp3) is 0.400. The average Bonchev–Trinajstić information content (AvgIpc) is 3.69. The first-order valence-electron chi connectivity index (χ1n) is 16.2. The van der Waals surface area contributed by atoms with Gasteiger partial charge in [0.25, 0.3) is 0 Å². The van der Waals surface area contributed by atoms with E-state index in [0.29, 0.717) is 0 Å². The Kier molecular flexibility index (Phi) is 12.6. The van der Waals surface area contributed by atoms with E-state index in [0.717, 1.165) is 74.7 Å². The largest absolute Gasteiger partial charge is 0.512 e. The summed E-state index contributed by atoms with van der Waals surface area (Å²) in [6, 6.07) is 15.6. The van der Waals surface area contributed by atoms with E-state index in [2.05, 4.69) is 51.6 Å². The number of aliphatic hydroxyl groups is 1. The van der Waals surface area contributed by atoms with Crippen LogP contribution < -0.4 is 0 Å². The molecule has 0 unspecified atom stereocenters. The summed E-state index contributed by atoms with van der Waals surface area (Å²) in [5.74, 6) is 0.286. The second-order valence-corrected chi connectivity index (χ2v) is 14.5. The van der Waals surface area contributed by atoms with Gasteiger partial charge in [0.2, 0.25) is 0 Å². The minimum absolute atomic E-state index is 0. The maximum atomic E-state index is 12.2. The summed E-state index contributed by atoms with van der Waals surface area (Å²) in [6.07, 6.45) is 8.23. The number of rotatable bonds is 10. The summed E-state index contributed by atoms with van der Waals surface area (Å²) in [5.41, 5.74) is 4.77. The minimum Gasteiger partial charge on any atom is -0.512 e. The SMILES string of the molecule is C=CSc1c[c-]c(-c2nccc3oc4c(ccc5ccoc54)c23)cc1C(C)(C)C.CCC(C)(CC)C(=O)/C=C(\O)C(C)(CC)CC.[Ir]. The van der Waals surface area contributed by atoms with Crippen molar-refractivity contribution in [2.45, 2.75) is 98.3 Å². The molecule has 5 rings (SSSR count). The molecular weight excluding hydrogens is 783 g/mol. The molecule has 0 bridgehead atoms. The minimum atomic E-state index is -0.337. The number of pyridine rings is 1. The Morgan fingerprint density at radius 1 is 0.979 bits per heavy atom. The molecule has 0 aliphatic heterocycles. The van der Waals surface area contributed by atoms with Crippen LogP contribution in [0, 0.1) is 16.9 Å². The third-order valence-corrected chi connectivity index (χ3v) is 10.5. The third-order valence-electron chi connectivity index (χ3n) is 9.76. The molecule has 0 spiro atoms. The van der Waals surface area contributed by atoms with Crippen molar-refractivity contribution in [3.05, 3.63) is 84.3 Å². The Morgan fingerprint density at radius 2 is 1.64 bits per heavy atom. The molecular formula is C40H48IrNO4S-. The number of allylic oxidation sites excluding steroid dienone is 2. The van der Waals surface area contributed by atoms with Crippen LogP contribution in [0.25, 0.3) is 44.2 Å². The van der Waals surface area contributed by atoms with Gasteiger partial charge in [-0.05, 0) is 54.3 Å². The first kappa shape index (κ1) is 38.3. The summed E-state index contributed by atoms with van der Waals surface area (Å²) in [6.45, 7) is 22.6. The van der Waals surface area contributed by atoms with Gasteiger partial charge in [-0.15, -0.1) is 29.3 Å². The Hall–Kier alpha value is -3.12. The molecule has 5 aromatic rings. The van der Waals surface area contributed by atoms with Gasteiger partial charge in [0, 0.05) is 59.4 Å². The number of fused-ring (bicyclic) bond motifs is 5. The summed E-state index contributed by atoms with van der Waals surface area (Å²) in [7, 11) is 0. The Balaban J connectivity index is 0.000000290. The Labute approximate surface area is 297 Å². The van der Waals surface area contributed by atoms with E-state index in [1.165, 1.54) is 11.6 Å². The van der Waals surface area contributed by atoms with Gasteiger partial charge in [-0.2, -0.15) is 11.8 Å². The maximum absolute atomic E-state index is 12.2. The number of aliphatic hydroxyl groups excluding tert-OH is 1. The van der Waals surface area contributed by atoms with Crippen molar-refractivity contribution in [1.82, 2.24) is 4.98 Å². The number of hydrogen-bond acceptors (Lipinski definition) is 6. The van der Waals surface area contributed by atoms with Gasteiger partial charge in [-0.3, -0.25) is 4.79 Å². The average molecular weight is 831 g/mol. The van der Waals surface area contributed by atoms with Crippen LogP contribution in [-0.4, -0.2) is 15.9 Å². The molecule has 1 radical (unpaired) electrons. The van der Waals surface area contributed by atoms with Crippen molar-refractivity contribution in [2.75, 3.05) is 0 Å². The van der Waals surface area contributed by atoms with E-state index in [1.807, 2.05) is 65.1 Å². The first-order chi connectivity index (χ1) is 21.8. The summed E-state index contributed by atoms with van der Waals surface area (Å²) in [4.78, 5) is 18.1. The molecule has 5 nitrogen and oxygen atoms in total. The standard InChI is InChI=1S/C25H20NO2S.C15H28O2.Ir/c1-5-29-20-9-7-16(14-18(20)25(2,3)4)22-21-17-8-6-15-11-13-27-23(15)24(17)28-19(21)10-12-26-22;1-7-14(5,8-2)12(16)11-13(17)15(6,9-3)10-4;/h5-6,8-14H,1H2,2-4H3;11,16H,7-10H2,1-6H3;/q-1;;/b;12-11-;. The van der Waals surface area contributed by atoms with Crippen LogP contribution in [0.3, 0.4) is 0 Å². The molecule has 253 valence electrons. The number of nitrogens with zero attached hydrogens (tertiary/aromatic N) is 1. The smallest absolute Gasteiger partial charge is 0.177 e. The van der Waals surface area contributed by atoms with Crippen molar-refractivity contribution in [3.63, 3.8) is 0 Å². The fourth-order valence-corrected chi connectivity index (χ4v) is 6.28. The summed E-state index contributed by atoms with van der Waals surface area (Å²) < 4.78 is 11.9. The normalized spacial score (nSPS) is 12.6. The second-order valence-electron chi connectivity index (χ2n) is 13.5. The number of aromatic nitrogens is 1. The van der Waals surface area contributed by atoms with Gasteiger partial charge in [0.15, 0.2) is 16.9 Å². The number of carbonyl (C=O) groups excluding carboxylic acids is 1. The van der Waals surface area contributed by atoms with Crippen LogP contribution >= 0.6 is 11.8 Å². The van der Waals surface area contributed by atoms with Crippen molar-refractivity contribution >= 4 is 50.5 Å². The van der Waals surface area contributed by atoms with Crippen molar-refractivity contribution in [1.29, 1.82) is 0 Å². The molecule has 0 aliphatic carbocycles. The monoisotopic (exact) mass is 831 g/mol. The zero-order valence-electron chi connectivity index (χ0n) is 29.2. The number of carbonyl (C=O) groups is 1. The molecule has 2 aromatic carbocycles. The van der Waals surface area contributed by atoms with Crippen molar-refractivity contribution in [2.24, 2.45) is 10.8 Å². The summed E-state index contributed by atoms with van der Waals surface area (Å²) >= 11 is 1.62. The Morgan fingerprint density at radius 3 is 2.23 bits per heavy atom. The molecule has 47 heavy (non-hydrogen) atoms. The van der Waals surface area contributed by atoms with Gasteiger partial charge in [-0.25, -0.2) is 0 Å². The molecule has 0 saturated carbocycles. The molecule has 3 heterocycles. The molecule has 0 aliphatic rings. The fourth-order valence-electron chi connectivity index (χ4n) is 5.48. The molecule has 0 amide bonds. The van der Waals surface area contributed by atoms with Crippen molar-refractivity contribution < 1.29 is 38.8 Å². The molecule has 1 N–H and O–H groups in total. The quantitative estimate of drug-likeness (QED) is 0.0654. The molecule has 3 aromatic heterocycles. The van der Waals surface area contributed by atoms with Crippen LogP contribution in [-0.2, 0) is 30.3 Å². The van der Waals surface area contributed by atoms with E-state index >= 15 is 0 Å². The van der Waals surface area contributed by atoms with Gasteiger partial charge in [0.05, 0.1) is 6.26 Å².